The first-order valence-corrected chi connectivity index (χ1v) is 13.3. The fourth-order valence-electron chi connectivity index (χ4n) is 5.41. The largest absolute Gasteiger partial charge is 0.416 e. The average Bonchev–Trinajstić information content (AvgIpc) is 3.40. The van der Waals surface area contributed by atoms with Crippen LogP contribution in [0.4, 0.5) is 23.7 Å². The molecule has 1 aliphatic heterocycles. The van der Waals surface area contributed by atoms with E-state index in [9.17, 15) is 32.7 Å². The molecule has 2 aromatic rings. The lowest BCUT2D eigenvalue weighted by Crippen LogP contribution is -2.45. The number of likely N-dealkylation sites (tertiary alicyclic amines) is 1. The van der Waals surface area contributed by atoms with Crippen LogP contribution >= 0.6 is 0 Å². The number of nitrogens with zero attached hydrogens (tertiary/aromatic N) is 1. The number of amides is 4. The van der Waals surface area contributed by atoms with Crippen LogP contribution in [0.1, 0.15) is 53.6 Å². The Hall–Kier alpha value is -3.64. The van der Waals surface area contributed by atoms with Crippen LogP contribution in [-0.2, 0) is 16.6 Å². The van der Waals surface area contributed by atoms with Crippen LogP contribution in [0.5, 0.6) is 0 Å². The fourth-order valence-corrected chi connectivity index (χ4v) is 5.41. The van der Waals surface area contributed by atoms with Gasteiger partial charge in [0.2, 0.25) is 5.91 Å². The number of halogens is 3. The molecule has 1 saturated heterocycles. The number of hydrogen-bond acceptors (Lipinski definition) is 5. The zero-order valence-electron chi connectivity index (χ0n) is 22.2. The fraction of sp³-hybridized carbons (Fsp3) is 0.464. The maximum absolute atomic E-state index is 12.9. The smallest absolute Gasteiger partial charge is 0.385 e. The highest BCUT2D eigenvalue weighted by Gasteiger charge is 2.38. The van der Waals surface area contributed by atoms with E-state index in [0.29, 0.717) is 25.1 Å². The van der Waals surface area contributed by atoms with E-state index < -0.39 is 29.2 Å². The molecule has 0 spiro atoms. The van der Waals surface area contributed by atoms with E-state index in [1.54, 1.807) is 12.1 Å². The summed E-state index contributed by atoms with van der Waals surface area (Å²) in [6.07, 6.45) is -1.04. The zero-order chi connectivity index (χ0) is 28.9. The molecule has 0 unspecified atom stereocenters. The molecular weight excluding hydrogens is 527 g/mol. The van der Waals surface area contributed by atoms with Crippen molar-refractivity contribution in [3.05, 3.63) is 65.2 Å². The lowest BCUT2D eigenvalue weighted by atomic mass is 9.77. The summed E-state index contributed by atoms with van der Waals surface area (Å²) in [4.78, 5) is 38.4. The van der Waals surface area contributed by atoms with Crippen molar-refractivity contribution >= 4 is 23.5 Å². The van der Waals surface area contributed by atoms with E-state index in [0.717, 1.165) is 49.6 Å². The van der Waals surface area contributed by atoms with Crippen LogP contribution in [-0.4, -0.2) is 66.6 Å². The van der Waals surface area contributed by atoms with Crippen LogP contribution in [0.3, 0.4) is 0 Å². The van der Waals surface area contributed by atoms with Gasteiger partial charge in [-0.15, -0.1) is 0 Å². The third-order valence-electron chi connectivity index (χ3n) is 7.65. The van der Waals surface area contributed by atoms with Crippen LogP contribution < -0.4 is 21.3 Å². The van der Waals surface area contributed by atoms with Gasteiger partial charge in [-0.25, -0.2) is 4.79 Å². The van der Waals surface area contributed by atoms with Crippen LogP contribution in [0.25, 0.3) is 0 Å². The molecule has 4 rings (SSSR count). The predicted octanol–water partition coefficient (Wildman–Crippen LogP) is 3.21. The molecule has 4 amide bonds. The van der Waals surface area contributed by atoms with Gasteiger partial charge in [-0.3, -0.25) is 14.5 Å². The maximum Gasteiger partial charge on any atom is 0.416 e. The van der Waals surface area contributed by atoms with Crippen LogP contribution in [0.15, 0.2) is 48.5 Å². The monoisotopic (exact) mass is 561 g/mol. The molecule has 0 bridgehead atoms. The molecule has 9 nitrogen and oxygen atoms in total. The Morgan fingerprint density at radius 2 is 1.75 bits per heavy atom. The van der Waals surface area contributed by atoms with Gasteiger partial charge in [0.05, 0.1) is 17.7 Å². The number of urea groups is 1. The van der Waals surface area contributed by atoms with Gasteiger partial charge in [-0.05, 0) is 68.0 Å². The quantitative estimate of drug-likeness (QED) is 0.355. The highest BCUT2D eigenvalue weighted by Crippen LogP contribution is 2.39. The standard InChI is InChI=1S/C28H34F3N5O4/c1-32-26(39)35-21-7-5-19(6-8-21)27(40)12-9-23(10-13-27)36-14-11-22(17-36)34-24(37)16-33-25(38)18-3-2-4-20(15-18)28(29,30)31/h2-8,15,22-23,40H,9-14,16-17H2,1H3,(H,33,38)(H,34,37)(H2,32,35,39)/t22-,23?,27?/m1/s1. The second-order valence-electron chi connectivity index (χ2n) is 10.4. The van der Waals surface area contributed by atoms with Crippen molar-refractivity contribution in [2.24, 2.45) is 0 Å². The van der Waals surface area contributed by atoms with Crippen molar-refractivity contribution < 1.29 is 32.7 Å². The minimum atomic E-state index is -4.56. The maximum atomic E-state index is 12.9. The van der Waals surface area contributed by atoms with E-state index in [1.807, 2.05) is 12.1 Å². The topological polar surface area (TPSA) is 123 Å². The van der Waals surface area contributed by atoms with Crippen molar-refractivity contribution in [2.75, 3.05) is 32.0 Å². The van der Waals surface area contributed by atoms with E-state index in [-0.39, 0.29) is 30.2 Å². The molecule has 2 aliphatic rings. The van der Waals surface area contributed by atoms with Gasteiger partial charge in [0.15, 0.2) is 0 Å². The molecule has 2 fully saturated rings. The van der Waals surface area contributed by atoms with E-state index in [4.69, 9.17) is 0 Å². The summed E-state index contributed by atoms with van der Waals surface area (Å²) in [5.41, 5.74) is -0.575. The molecule has 1 atom stereocenters. The number of carbonyl (C=O) groups excluding carboxylic acids is 3. The van der Waals surface area contributed by atoms with Crippen molar-refractivity contribution in [1.82, 2.24) is 20.9 Å². The van der Waals surface area contributed by atoms with Crippen LogP contribution in [0.2, 0.25) is 0 Å². The van der Waals surface area contributed by atoms with E-state index in [2.05, 4.69) is 26.2 Å². The summed E-state index contributed by atoms with van der Waals surface area (Å²) in [7, 11) is 1.54. The number of alkyl halides is 3. The van der Waals surface area contributed by atoms with E-state index >= 15 is 0 Å². The highest BCUT2D eigenvalue weighted by atomic mass is 19.4. The second-order valence-corrected chi connectivity index (χ2v) is 10.4. The number of aliphatic hydroxyl groups is 1. The molecule has 0 aromatic heterocycles. The van der Waals surface area contributed by atoms with Crippen molar-refractivity contribution in [3.63, 3.8) is 0 Å². The summed E-state index contributed by atoms with van der Waals surface area (Å²) in [6, 6.07) is 11.1. The summed E-state index contributed by atoms with van der Waals surface area (Å²) in [5.74, 6) is -1.15. The number of carbonyl (C=O) groups is 3. The lowest BCUT2D eigenvalue weighted by molar-refractivity contribution is -0.137. The molecule has 1 aliphatic carbocycles. The van der Waals surface area contributed by atoms with Gasteiger partial charge in [0, 0.05) is 43.5 Å². The molecule has 0 radical (unpaired) electrons. The Morgan fingerprint density at radius 3 is 2.40 bits per heavy atom. The first kappa shape index (κ1) is 29.3. The van der Waals surface area contributed by atoms with E-state index in [1.165, 1.54) is 13.1 Å². The molecule has 1 saturated carbocycles. The molecule has 1 heterocycles. The molecule has 40 heavy (non-hydrogen) atoms. The number of benzene rings is 2. The first-order chi connectivity index (χ1) is 19.0. The second kappa shape index (κ2) is 12.3. The Bertz CT molecular complexity index is 1210. The summed E-state index contributed by atoms with van der Waals surface area (Å²) in [6.45, 7) is 1.11. The average molecular weight is 562 g/mol. The Balaban J connectivity index is 1.21. The van der Waals surface area contributed by atoms with Crippen LogP contribution in [0, 0.1) is 0 Å². The Labute approximate surface area is 230 Å². The zero-order valence-corrected chi connectivity index (χ0v) is 22.2. The highest BCUT2D eigenvalue weighted by molar-refractivity contribution is 5.96. The molecule has 216 valence electrons. The van der Waals surface area contributed by atoms with Gasteiger partial charge >= 0.3 is 12.2 Å². The number of nitrogens with one attached hydrogen (secondary N) is 4. The number of rotatable bonds is 7. The summed E-state index contributed by atoms with van der Waals surface area (Å²) < 4.78 is 38.7. The molecule has 12 heteroatoms. The third-order valence-corrected chi connectivity index (χ3v) is 7.65. The van der Waals surface area contributed by atoms with Crippen molar-refractivity contribution in [3.8, 4) is 0 Å². The van der Waals surface area contributed by atoms with Crippen molar-refractivity contribution in [2.45, 2.75) is 56.0 Å². The minimum absolute atomic E-state index is 0.0980. The molecule has 2 aromatic carbocycles. The normalized spacial score (nSPS) is 23.3. The third kappa shape index (κ3) is 7.30. The minimum Gasteiger partial charge on any atom is -0.385 e. The Kier molecular flexibility index (Phi) is 8.99. The summed E-state index contributed by atoms with van der Waals surface area (Å²) >= 11 is 0. The van der Waals surface area contributed by atoms with Gasteiger partial charge in [0.25, 0.3) is 5.91 Å². The SMILES string of the molecule is CNC(=O)Nc1ccc(C2(O)CCC(N3CC[C@@H](NC(=O)CNC(=O)c4cccc(C(F)(F)F)c4)C3)CC2)cc1. The first-order valence-electron chi connectivity index (χ1n) is 13.3. The Morgan fingerprint density at radius 1 is 1.05 bits per heavy atom. The number of anilines is 1. The van der Waals surface area contributed by atoms with Crippen molar-refractivity contribution in [1.29, 1.82) is 0 Å². The number of hydrogen-bond donors (Lipinski definition) is 5. The van der Waals surface area contributed by atoms with Gasteiger partial charge in [-0.1, -0.05) is 18.2 Å². The predicted molar refractivity (Wildman–Crippen MR) is 143 cm³/mol. The van der Waals surface area contributed by atoms with Gasteiger partial charge < -0.3 is 26.4 Å². The summed E-state index contributed by atoms with van der Waals surface area (Å²) in [5, 5.41) is 21.7. The molecule has 5 N–H and O–H groups in total. The van der Waals surface area contributed by atoms with Gasteiger partial charge in [0.1, 0.15) is 0 Å². The molecular formula is C28H34F3N5O4. The van der Waals surface area contributed by atoms with Gasteiger partial charge in [-0.2, -0.15) is 13.2 Å². The lowest BCUT2D eigenvalue weighted by Gasteiger charge is -2.40.